The molecule has 0 unspecified atom stereocenters. The number of esters is 1. The molecule has 2 aliphatic rings. The molecular weight excluding hydrogens is 246 g/mol. The van der Waals surface area contributed by atoms with Crippen molar-refractivity contribution in [3.8, 4) is 11.5 Å². The molecule has 1 aliphatic heterocycles. The number of benzene rings is 1. The van der Waals surface area contributed by atoms with Crippen LogP contribution in [0.3, 0.4) is 0 Å². The fourth-order valence-corrected chi connectivity index (χ4v) is 2.58. The molecule has 1 saturated carbocycles. The molecule has 19 heavy (non-hydrogen) atoms. The van der Waals surface area contributed by atoms with Crippen LogP contribution in [0, 0.1) is 5.92 Å². The summed E-state index contributed by atoms with van der Waals surface area (Å²) >= 11 is 0. The average molecular weight is 263 g/mol. The Bertz CT molecular complexity index is 494. The van der Waals surface area contributed by atoms with E-state index in [-0.39, 0.29) is 12.8 Å². The van der Waals surface area contributed by atoms with Gasteiger partial charge < -0.3 is 19.9 Å². The van der Waals surface area contributed by atoms with Crippen LogP contribution in [0.1, 0.15) is 36.0 Å². The van der Waals surface area contributed by atoms with Crippen LogP contribution >= 0.6 is 0 Å². The smallest absolute Gasteiger partial charge is 0.340 e. The Hall–Kier alpha value is -1.91. The number of ether oxygens (including phenoxy) is 3. The standard InChI is InChI=1S/C14H17NO4/c15-11-6-13-12(18-8-19-13)5-10(11)14(16)17-7-9-3-1-2-4-9/h5-6,9H,1-4,7-8,15H2. The van der Waals surface area contributed by atoms with E-state index in [2.05, 4.69) is 0 Å². The first-order valence-electron chi connectivity index (χ1n) is 6.60. The lowest BCUT2D eigenvalue weighted by Gasteiger charge is -2.11. The molecule has 0 amide bonds. The minimum atomic E-state index is -0.386. The summed E-state index contributed by atoms with van der Waals surface area (Å²) < 4.78 is 15.8. The van der Waals surface area contributed by atoms with Crippen LogP contribution in [0.5, 0.6) is 11.5 Å². The number of nitrogen functional groups attached to an aromatic ring is 1. The Morgan fingerprint density at radius 2 is 1.95 bits per heavy atom. The highest BCUT2D eigenvalue weighted by Gasteiger charge is 2.22. The first kappa shape index (κ1) is 12.1. The minimum absolute atomic E-state index is 0.162. The van der Waals surface area contributed by atoms with E-state index >= 15 is 0 Å². The lowest BCUT2D eigenvalue weighted by atomic mass is 10.1. The van der Waals surface area contributed by atoms with E-state index in [1.807, 2.05) is 0 Å². The van der Waals surface area contributed by atoms with Gasteiger partial charge in [0, 0.05) is 12.1 Å². The van der Waals surface area contributed by atoms with Crippen molar-refractivity contribution in [2.75, 3.05) is 19.1 Å². The van der Waals surface area contributed by atoms with E-state index in [1.54, 1.807) is 12.1 Å². The predicted molar refractivity (Wildman–Crippen MR) is 69.2 cm³/mol. The second-order valence-electron chi connectivity index (χ2n) is 5.04. The van der Waals surface area contributed by atoms with E-state index in [9.17, 15) is 4.79 Å². The second kappa shape index (κ2) is 4.99. The van der Waals surface area contributed by atoms with Gasteiger partial charge >= 0.3 is 5.97 Å². The molecule has 0 bridgehead atoms. The van der Waals surface area contributed by atoms with Crippen molar-refractivity contribution < 1.29 is 19.0 Å². The quantitative estimate of drug-likeness (QED) is 0.669. The molecule has 1 aromatic carbocycles. The van der Waals surface area contributed by atoms with Crippen molar-refractivity contribution >= 4 is 11.7 Å². The van der Waals surface area contributed by atoms with Gasteiger partial charge in [-0.2, -0.15) is 0 Å². The lowest BCUT2D eigenvalue weighted by Crippen LogP contribution is -2.13. The summed E-state index contributed by atoms with van der Waals surface area (Å²) in [5, 5.41) is 0. The van der Waals surface area contributed by atoms with Crippen LogP contribution < -0.4 is 15.2 Å². The van der Waals surface area contributed by atoms with Gasteiger partial charge in [-0.15, -0.1) is 0 Å². The zero-order valence-corrected chi connectivity index (χ0v) is 10.7. The molecule has 0 saturated heterocycles. The number of nitrogens with two attached hydrogens (primary N) is 1. The highest BCUT2D eigenvalue weighted by molar-refractivity contribution is 5.96. The highest BCUT2D eigenvalue weighted by Crippen LogP contribution is 2.36. The molecule has 102 valence electrons. The van der Waals surface area contributed by atoms with E-state index in [4.69, 9.17) is 19.9 Å². The average Bonchev–Trinajstić information content (AvgIpc) is 3.05. The maximum Gasteiger partial charge on any atom is 0.340 e. The van der Waals surface area contributed by atoms with Crippen LogP contribution in [-0.4, -0.2) is 19.4 Å². The Labute approximate surface area is 111 Å². The molecule has 1 fully saturated rings. The number of fused-ring (bicyclic) bond motifs is 1. The molecule has 0 spiro atoms. The molecular formula is C14H17NO4. The summed E-state index contributed by atoms with van der Waals surface area (Å²) in [7, 11) is 0. The zero-order chi connectivity index (χ0) is 13.2. The third-order valence-electron chi connectivity index (χ3n) is 3.69. The van der Waals surface area contributed by atoms with Gasteiger partial charge in [0.05, 0.1) is 17.9 Å². The van der Waals surface area contributed by atoms with Crippen LogP contribution in [0.15, 0.2) is 12.1 Å². The summed E-state index contributed by atoms with van der Waals surface area (Å²) in [6.07, 6.45) is 4.75. The Kier molecular flexibility index (Phi) is 3.19. The van der Waals surface area contributed by atoms with Crippen molar-refractivity contribution in [1.82, 2.24) is 0 Å². The fraction of sp³-hybridized carbons (Fsp3) is 0.500. The van der Waals surface area contributed by atoms with Crippen LogP contribution in [0.25, 0.3) is 0 Å². The summed E-state index contributed by atoms with van der Waals surface area (Å²) in [5.74, 6) is 1.23. The zero-order valence-electron chi connectivity index (χ0n) is 10.7. The molecule has 1 heterocycles. The molecule has 0 radical (unpaired) electrons. The van der Waals surface area contributed by atoms with E-state index in [0.29, 0.717) is 35.3 Å². The van der Waals surface area contributed by atoms with E-state index < -0.39 is 0 Å². The van der Waals surface area contributed by atoms with Crippen LogP contribution in [0.2, 0.25) is 0 Å². The maximum absolute atomic E-state index is 12.0. The van der Waals surface area contributed by atoms with Crippen molar-refractivity contribution in [3.05, 3.63) is 17.7 Å². The van der Waals surface area contributed by atoms with Gasteiger partial charge in [0.25, 0.3) is 0 Å². The van der Waals surface area contributed by atoms with Crippen molar-refractivity contribution in [3.63, 3.8) is 0 Å². The third-order valence-corrected chi connectivity index (χ3v) is 3.69. The normalized spacial score (nSPS) is 17.7. The Balaban J connectivity index is 1.69. The highest BCUT2D eigenvalue weighted by atomic mass is 16.7. The summed E-state index contributed by atoms with van der Waals surface area (Å²) in [5.41, 5.74) is 6.55. The van der Waals surface area contributed by atoms with Crippen molar-refractivity contribution in [2.45, 2.75) is 25.7 Å². The van der Waals surface area contributed by atoms with Gasteiger partial charge in [0.2, 0.25) is 6.79 Å². The van der Waals surface area contributed by atoms with Crippen molar-refractivity contribution in [1.29, 1.82) is 0 Å². The number of carbonyl (C=O) groups excluding carboxylic acids is 1. The molecule has 2 N–H and O–H groups in total. The topological polar surface area (TPSA) is 70.8 Å². The van der Waals surface area contributed by atoms with Gasteiger partial charge in [0.15, 0.2) is 11.5 Å². The van der Waals surface area contributed by atoms with Crippen molar-refractivity contribution in [2.24, 2.45) is 5.92 Å². The monoisotopic (exact) mass is 263 g/mol. The Morgan fingerprint density at radius 3 is 2.68 bits per heavy atom. The van der Waals surface area contributed by atoms with E-state index in [1.165, 1.54) is 12.8 Å². The number of anilines is 1. The first-order valence-corrected chi connectivity index (χ1v) is 6.60. The van der Waals surface area contributed by atoms with Gasteiger partial charge in [-0.1, -0.05) is 12.8 Å². The van der Waals surface area contributed by atoms with Gasteiger partial charge in [0.1, 0.15) is 0 Å². The lowest BCUT2D eigenvalue weighted by molar-refractivity contribution is 0.0443. The molecule has 0 atom stereocenters. The first-order chi connectivity index (χ1) is 9.24. The maximum atomic E-state index is 12.0. The molecule has 0 aromatic heterocycles. The van der Waals surface area contributed by atoms with E-state index in [0.717, 1.165) is 12.8 Å². The largest absolute Gasteiger partial charge is 0.462 e. The second-order valence-corrected chi connectivity index (χ2v) is 5.04. The predicted octanol–water partition coefficient (Wildman–Crippen LogP) is 2.34. The number of rotatable bonds is 3. The third kappa shape index (κ3) is 2.45. The summed E-state index contributed by atoms with van der Waals surface area (Å²) in [6, 6.07) is 3.20. The minimum Gasteiger partial charge on any atom is -0.462 e. The fourth-order valence-electron chi connectivity index (χ4n) is 2.58. The van der Waals surface area contributed by atoms with Crippen LogP contribution in [0.4, 0.5) is 5.69 Å². The molecule has 1 aliphatic carbocycles. The summed E-state index contributed by atoms with van der Waals surface area (Å²) in [6.45, 7) is 0.641. The molecule has 5 nitrogen and oxygen atoms in total. The van der Waals surface area contributed by atoms with Crippen LogP contribution in [-0.2, 0) is 4.74 Å². The SMILES string of the molecule is Nc1cc2c(cc1C(=O)OCC1CCCC1)OCO2. The van der Waals surface area contributed by atoms with Gasteiger partial charge in [-0.3, -0.25) is 0 Å². The Morgan fingerprint density at radius 1 is 1.26 bits per heavy atom. The molecule has 1 aromatic rings. The number of hydrogen-bond acceptors (Lipinski definition) is 5. The van der Waals surface area contributed by atoms with Gasteiger partial charge in [-0.05, 0) is 18.8 Å². The number of carbonyl (C=O) groups is 1. The molecule has 5 heteroatoms. The number of hydrogen-bond donors (Lipinski definition) is 1. The summed E-state index contributed by atoms with van der Waals surface area (Å²) in [4.78, 5) is 12.0. The van der Waals surface area contributed by atoms with Gasteiger partial charge in [-0.25, -0.2) is 4.79 Å². The molecule has 3 rings (SSSR count).